The highest BCUT2D eigenvalue weighted by Crippen LogP contribution is 2.42. The van der Waals surface area contributed by atoms with E-state index in [0.29, 0.717) is 30.1 Å². The van der Waals surface area contributed by atoms with Crippen LogP contribution in [-0.4, -0.2) is 31.6 Å². The van der Waals surface area contributed by atoms with Crippen LogP contribution in [0.25, 0.3) is 0 Å². The van der Waals surface area contributed by atoms with Crippen molar-refractivity contribution in [2.45, 2.75) is 57.4 Å². The van der Waals surface area contributed by atoms with Crippen molar-refractivity contribution < 1.29 is 19.1 Å². The Bertz CT molecular complexity index is 658. The number of hydrogen-bond donors (Lipinski definition) is 1. The van der Waals surface area contributed by atoms with Crippen molar-refractivity contribution in [1.82, 2.24) is 5.32 Å². The van der Waals surface area contributed by atoms with Crippen LogP contribution >= 0.6 is 11.6 Å². The molecule has 0 aliphatic heterocycles. The molecule has 6 heteroatoms. The molecule has 1 aliphatic rings. The van der Waals surface area contributed by atoms with Crippen molar-refractivity contribution in [3.05, 3.63) is 29.8 Å². The maximum absolute atomic E-state index is 12.8. The van der Waals surface area contributed by atoms with Crippen molar-refractivity contribution in [3.63, 3.8) is 0 Å². The van der Waals surface area contributed by atoms with Gasteiger partial charge in [0.2, 0.25) is 5.91 Å². The summed E-state index contributed by atoms with van der Waals surface area (Å²) >= 11 is 6.38. The first kappa shape index (κ1) is 21.5. The van der Waals surface area contributed by atoms with Gasteiger partial charge in [0.25, 0.3) is 0 Å². The number of carbonyl (C=O) groups is 2. The molecule has 150 valence electrons. The number of methoxy groups -OCH3 is 2. The van der Waals surface area contributed by atoms with E-state index in [4.69, 9.17) is 21.1 Å². The molecule has 1 unspecified atom stereocenters. The lowest BCUT2D eigenvalue weighted by Gasteiger charge is -2.42. The molecule has 0 radical (unpaired) electrons. The van der Waals surface area contributed by atoms with Crippen LogP contribution < -0.4 is 10.1 Å². The van der Waals surface area contributed by atoms with E-state index in [2.05, 4.69) is 26.1 Å². The van der Waals surface area contributed by atoms with E-state index in [-0.39, 0.29) is 11.3 Å². The average Bonchev–Trinajstić information content (AvgIpc) is 2.66. The lowest BCUT2D eigenvalue weighted by atomic mass is 9.67. The SMILES string of the molecule is COC(=O)C1(NC(=O)C(Cl)c2ccc(OC)cc2)CCC(C(C)(C)C)CC1. The van der Waals surface area contributed by atoms with E-state index in [9.17, 15) is 9.59 Å². The van der Waals surface area contributed by atoms with Gasteiger partial charge in [-0.3, -0.25) is 4.79 Å². The summed E-state index contributed by atoms with van der Waals surface area (Å²) in [7, 11) is 2.93. The predicted molar refractivity (Wildman–Crippen MR) is 106 cm³/mol. The van der Waals surface area contributed by atoms with Crippen molar-refractivity contribution in [3.8, 4) is 5.75 Å². The second-order valence-electron chi connectivity index (χ2n) is 8.34. The Balaban J connectivity index is 2.13. The van der Waals surface area contributed by atoms with E-state index < -0.39 is 16.9 Å². The highest BCUT2D eigenvalue weighted by Gasteiger charge is 2.46. The molecule has 0 bridgehead atoms. The average molecular weight is 396 g/mol. The first-order valence-electron chi connectivity index (χ1n) is 9.31. The zero-order valence-electron chi connectivity index (χ0n) is 16.8. The zero-order chi connectivity index (χ0) is 20.2. The molecule has 1 N–H and O–H groups in total. The Morgan fingerprint density at radius 2 is 1.70 bits per heavy atom. The van der Waals surface area contributed by atoms with E-state index in [1.54, 1.807) is 31.4 Å². The van der Waals surface area contributed by atoms with Crippen LogP contribution in [0.5, 0.6) is 5.75 Å². The minimum Gasteiger partial charge on any atom is -0.497 e. The van der Waals surface area contributed by atoms with Gasteiger partial charge in [-0.2, -0.15) is 0 Å². The number of alkyl halides is 1. The summed E-state index contributed by atoms with van der Waals surface area (Å²) in [5, 5.41) is 2.01. The van der Waals surface area contributed by atoms with Crippen LogP contribution in [0, 0.1) is 11.3 Å². The van der Waals surface area contributed by atoms with Crippen LogP contribution in [0.4, 0.5) is 0 Å². The highest BCUT2D eigenvalue weighted by atomic mass is 35.5. The van der Waals surface area contributed by atoms with Gasteiger partial charge in [0.05, 0.1) is 14.2 Å². The van der Waals surface area contributed by atoms with Crippen molar-refractivity contribution in [1.29, 1.82) is 0 Å². The van der Waals surface area contributed by atoms with E-state index >= 15 is 0 Å². The molecule has 0 heterocycles. The Labute approximate surface area is 166 Å². The molecule has 0 spiro atoms. The molecule has 1 atom stereocenters. The van der Waals surface area contributed by atoms with Crippen LogP contribution in [0.3, 0.4) is 0 Å². The molecule has 27 heavy (non-hydrogen) atoms. The number of benzene rings is 1. The lowest BCUT2D eigenvalue weighted by molar-refractivity contribution is -0.153. The molecule has 1 aromatic rings. The lowest BCUT2D eigenvalue weighted by Crippen LogP contribution is -2.58. The number of hydrogen-bond acceptors (Lipinski definition) is 4. The maximum Gasteiger partial charge on any atom is 0.331 e. The number of halogens is 1. The number of rotatable bonds is 5. The normalized spacial score (nSPS) is 24.0. The predicted octanol–water partition coefficient (Wildman–Crippen LogP) is 4.24. The van der Waals surface area contributed by atoms with Gasteiger partial charge in [0.15, 0.2) is 0 Å². The summed E-state index contributed by atoms with van der Waals surface area (Å²) in [5.74, 6) is 0.401. The third-order valence-electron chi connectivity index (χ3n) is 5.64. The first-order chi connectivity index (χ1) is 12.6. The van der Waals surface area contributed by atoms with Crippen LogP contribution in [0.1, 0.15) is 57.4 Å². The maximum atomic E-state index is 12.8. The van der Waals surface area contributed by atoms with Crippen molar-refractivity contribution in [2.75, 3.05) is 14.2 Å². The van der Waals surface area contributed by atoms with Crippen LogP contribution in [0.2, 0.25) is 0 Å². The quantitative estimate of drug-likeness (QED) is 0.598. The van der Waals surface area contributed by atoms with Crippen molar-refractivity contribution in [2.24, 2.45) is 11.3 Å². The number of esters is 1. The molecule has 1 saturated carbocycles. The fraction of sp³-hybridized carbons (Fsp3) is 0.619. The van der Waals surface area contributed by atoms with Gasteiger partial charge < -0.3 is 14.8 Å². The Morgan fingerprint density at radius 1 is 1.15 bits per heavy atom. The standard InChI is InChI=1S/C21H30ClNO4/c1-20(2,3)15-10-12-21(13-11-15,19(25)27-5)23-18(24)17(22)14-6-8-16(26-4)9-7-14/h6-9,15,17H,10-13H2,1-5H3,(H,23,24). The summed E-state index contributed by atoms with van der Waals surface area (Å²) in [6, 6.07) is 7.00. The minimum atomic E-state index is -1.01. The molecule has 1 fully saturated rings. The van der Waals surface area contributed by atoms with Gasteiger partial charge in [0.1, 0.15) is 16.7 Å². The molecule has 2 rings (SSSR count). The summed E-state index contributed by atoms with van der Waals surface area (Å²) in [6.45, 7) is 6.62. The second kappa shape index (κ2) is 8.51. The second-order valence-corrected chi connectivity index (χ2v) is 8.78. The van der Waals surface area contributed by atoms with E-state index in [1.807, 2.05) is 0 Å². The Kier molecular flexibility index (Phi) is 6.79. The molecular formula is C21H30ClNO4. The highest BCUT2D eigenvalue weighted by molar-refractivity contribution is 6.31. The molecular weight excluding hydrogens is 366 g/mol. The van der Waals surface area contributed by atoms with Gasteiger partial charge >= 0.3 is 5.97 Å². The van der Waals surface area contributed by atoms with Gasteiger partial charge in [-0.25, -0.2) is 4.79 Å². The molecule has 1 aromatic carbocycles. The molecule has 1 aliphatic carbocycles. The fourth-order valence-corrected chi connectivity index (χ4v) is 3.98. The number of carbonyl (C=O) groups excluding carboxylic acids is 2. The van der Waals surface area contributed by atoms with Gasteiger partial charge in [-0.15, -0.1) is 11.6 Å². The Morgan fingerprint density at radius 3 is 2.15 bits per heavy atom. The number of amides is 1. The van der Waals surface area contributed by atoms with Gasteiger partial charge in [-0.05, 0) is 54.7 Å². The van der Waals surface area contributed by atoms with Crippen LogP contribution in [0.15, 0.2) is 24.3 Å². The smallest absolute Gasteiger partial charge is 0.331 e. The monoisotopic (exact) mass is 395 g/mol. The third-order valence-corrected chi connectivity index (χ3v) is 6.09. The fourth-order valence-electron chi connectivity index (χ4n) is 3.78. The van der Waals surface area contributed by atoms with E-state index in [1.165, 1.54) is 7.11 Å². The summed E-state index contributed by atoms with van der Waals surface area (Å²) in [6.07, 6.45) is 2.82. The number of nitrogens with one attached hydrogen (secondary N) is 1. The molecule has 1 amide bonds. The molecule has 5 nitrogen and oxygen atoms in total. The minimum absolute atomic E-state index is 0.171. The van der Waals surface area contributed by atoms with Gasteiger partial charge in [-0.1, -0.05) is 32.9 Å². The first-order valence-corrected chi connectivity index (χ1v) is 9.75. The van der Waals surface area contributed by atoms with Crippen LogP contribution in [-0.2, 0) is 14.3 Å². The summed E-state index contributed by atoms with van der Waals surface area (Å²) in [4.78, 5) is 25.3. The largest absolute Gasteiger partial charge is 0.497 e. The molecule has 0 saturated heterocycles. The topological polar surface area (TPSA) is 64.6 Å². The third kappa shape index (κ3) is 4.95. The summed E-state index contributed by atoms with van der Waals surface area (Å²) < 4.78 is 10.1. The van der Waals surface area contributed by atoms with Gasteiger partial charge in [0, 0.05) is 0 Å². The molecule has 0 aromatic heterocycles. The van der Waals surface area contributed by atoms with Crippen molar-refractivity contribution >= 4 is 23.5 Å². The number of ether oxygens (including phenoxy) is 2. The Hall–Kier alpha value is -1.75. The zero-order valence-corrected chi connectivity index (χ0v) is 17.6. The summed E-state index contributed by atoms with van der Waals surface area (Å²) in [5.41, 5.74) is -0.184. The van der Waals surface area contributed by atoms with E-state index in [0.717, 1.165) is 12.8 Å².